The molecule has 0 fully saturated rings. The molecule has 1 atom stereocenters. The highest BCUT2D eigenvalue weighted by Gasteiger charge is 2.06. The molecule has 0 N–H and O–H groups in total. The highest BCUT2D eigenvalue weighted by atomic mass is 14.1. The second-order valence-corrected chi connectivity index (χ2v) is 4.44. The predicted molar refractivity (Wildman–Crippen MR) is 59.0 cm³/mol. The van der Waals surface area contributed by atoms with Crippen LogP contribution in [0.3, 0.4) is 0 Å². The van der Waals surface area contributed by atoms with Crippen LogP contribution in [0, 0.1) is 12.8 Å². The lowest BCUT2D eigenvalue weighted by atomic mass is 9.92. The summed E-state index contributed by atoms with van der Waals surface area (Å²) in [7, 11) is 0. The van der Waals surface area contributed by atoms with E-state index in [-0.39, 0.29) is 0 Å². The molecule has 0 heterocycles. The monoisotopic (exact) mass is 176 g/mol. The van der Waals surface area contributed by atoms with Crippen LogP contribution in [0.2, 0.25) is 0 Å². The molecule has 1 rings (SSSR count). The third kappa shape index (κ3) is 3.22. The summed E-state index contributed by atoms with van der Waals surface area (Å²) in [4.78, 5) is 0. The normalized spacial score (nSPS) is 13.3. The summed E-state index contributed by atoms with van der Waals surface area (Å²) >= 11 is 0. The summed E-state index contributed by atoms with van der Waals surface area (Å²) in [6.45, 7) is 9.01. The van der Waals surface area contributed by atoms with E-state index in [1.807, 2.05) is 0 Å². The van der Waals surface area contributed by atoms with Crippen LogP contribution in [0.5, 0.6) is 0 Å². The second-order valence-electron chi connectivity index (χ2n) is 4.44. The van der Waals surface area contributed by atoms with Gasteiger partial charge in [0, 0.05) is 0 Å². The van der Waals surface area contributed by atoms with Gasteiger partial charge < -0.3 is 0 Å². The lowest BCUT2D eigenvalue weighted by Gasteiger charge is -2.14. The maximum atomic E-state index is 2.31. The molecule has 0 saturated heterocycles. The van der Waals surface area contributed by atoms with Crippen molar-refractivity contribution in [2.24, 2.45) is 5.92 Å². The molecular weight excluding hydrogens is 156 g/mol. The molecule has 72 valence electrons. The third-order valence-corrected chi connectivity index (χ3v) is 2.47. The Morgan fingerprint density at radius 1 is 1.00 bits per heavy atom. The molecule has 0 radical (unpaired) electrons. The molecule has 0 nitrogen and oxygen atoms in total. The van der Waals surface area contributed by atoms with Crippen LogP contribution in [0.4, 0.5) is 0 Å². The average molecular weight is 176 g/mol. The highest BCUT2D eigenvalue weighted by molar-refractivity contribution is 5.23. The van der Waals surface area contributed by atoms with Crippen LogP contribution < -0.4 is 0 Å². The van der Waals surface area contributed by atoms with Gasteiger partial charge in [-0.1, -0.05) is 50.6 Å². The Hall–Kier alpha value is -0.780. The van der Waals surface area contributed by atoms with E-state index in [4.69, 9.17) is 0 Å². The van der Waals surface area contributed by atoms with Gasteiger partial charge in [-0.25, -0.2) is 0 Å². The average Bonchev–Trinajstić information content (AvgIpc) is 2.04. The molecule has 1 aromatic carbocycles. The summed E-state index contributed by atoms with van der Waals surface area (Å²) in [5.74, 6) is 1.48. The van der Waals surface area contributed by atoms with Gasteiger partial charge in [-0.15, -0.1) is 0 Å². The van der Waals surface area contributed by atoms with Gasteiger partial charge in [-0.3, -0.25) is 0 Å². The minimum atomic E-state index is 0.695. The van der Waals surface area contributed by atoms with Crippen LogP contribution >= 0.6 is 0 Å². The number of hydrogen-bond acceptors (Lipinski definition) is 0. The largest absolute Gasteiger partial charge is 0.0628 e. The Kier molecular flexibility index (Phi) is 3.53. The molecule has 0 aromatic heterocycles. The van der Waals surface area contributed by atoms with Crippen LogP contribution in [-0.4, -0.2) is 0 Å². The van der Waals surface area contributed by atoms with Gasteiger partial charge in [0.2, 0.25) is 0 Å². The van der Waals surface area contributed by atoms with Crippen molar-refractivity contribution in [3.8, 4) is 0 Å². The van der Waals surface area contributed by atoms with Gasteiger partial charge in [-0.05, 0) is 30.7 Å². The molecule has 1 aromatic rings. The van der Waals surface area contributed by atoms with E-state index in [2.05, 4.69) is 52.0 Å². The SMILES string of the molecule is Cc1ccc([C@H](C)CC(C)C)cc1. The third-order valence-electron chi connectivity index (χ3n) is 2.47. The van der Waals surface area contributed by atoms with Crippen molar-refractivity contribution in [1.29, 1.82) is 0 Å². The highest BCUT2D eigenvalue weighted by Crippen LogP contribution is 2.22. The zero-order chi connectivity index (χ0) is 9.84. The van der Waals surface area contributed by atoms with Gasteiger partial charge in [-0.2, -0.15) is 0 Å². The smallest absolute Gasteiger partial charge is 0.0188 e. The summed E-state index contributed by atoms with van der Waals surface area (Å²) < 4.78 is 0. The predicted octanol–water partition coefficient (Wildman–Crippen LogP) is 4.14. The minimum absolute atomic E-state index is 0.695. The fourth-order valence-corrected chi connectivity index (χ4v) is 1.74. The molecule has 13 heavy (non-hydrogen) atoms. The van der Waals surface area contributed by atoms with Crippen LogP contribution in [-0.2, 0) is 0 Å². The van der Waals surface area contributed by atoms with E-state index in [0.29, 0.717) is 5.92 Å². The van der Waals surface area contributed by atoms with Crippen LogP contribution in [0.15, 0.2) is 24.3 Å². The fourth-order valence-electron chi connectivity index (χ4n) is 1.74. The minimum Gasteiger partial charge on any atom is -0.0628 e. The lowest BCUT2D eigenvalue weighted by Crippen LogP contribution is -1.98. The summed E-state index contributed by atoms with van der Waals surface area (Å²) in [6, 6.07) is 8.91. The maximum Gasteiger partial charge on any atom is -0.0188 e. The zero-order valence-corrected chi connectivity index (χ0v) is 9.17. The first-order valence-corrected chi connectivity index (χ1v) is 5.16. The van der Waals surface area contributed by atoms with Crippen LogP contribution in [0.25, 0.3) is 0 Å². The van der Waals surface area contributed by atoms with E-state index >= 15 is 0 Å². The lowest BCUT2D eigenvalue weighted by molar-refractivity contribution is 0.523. The van der Waals surface area contributed by atoms with E-state index in [1.54, 1.807) is 0 Å². The molecule has 0 aliphatic rings. The Morgan fingerprint density at radius 3 is 2.00 bits per heavy atom. The molecule has 0 aliphatic carbocycles. The molecule has 0 spiro atoms. The number of aryl methyl sites for hydroxylation is 1. The van der Waals surface area contributed by atoms with Crippen molar-refractivity contribution in [2.45, 2.75) is 40.0 Å². The number of benzene rings is 1. The van der Waals surface area contributed by atoms with Crippen molar-refractivity contribution in [3.05, 3.63) is 35.4 Å². The van der Waals surface area contributed by atoms with E-state index in [1.165, 1.54) is 17.5 Å². The Morgan fingerprint density at radius 2 is 1.54 bits per heavy atom. The molecule has 0 heteroatoms. The number of rotatable bonds is 3. The Balaban J connectivity index is 2.66. The molecule has 0 saturated carbocycles. The molecule has 0 amide bonds. The maximum absolute atomic E-state index is 2.31. The fraction of sp³-hybridized carbons (Fsp3) is 0.538. The van der Waals surface area contributed by atoms with Gasteiger partial charge >= 0.3 is 0 Å². The second kappa shape index (κ2) is 4.45. The van der Waals surface area contributed by atoms with Crippen molar-refractivity contribution >= 4 is 0 Å². The topological polar surface area (TPSA) is 0 Å². The Bertz CT molecular complexity index is 243. The first-order chi connectivity index (χ1) is 6.09. The van der Waals surface area contributed by atoms with Crippen molar-refractivity contribution in [3.63, 3.8) is 0 Å². The molecule has 0 aliphatic heterocycles. The zero-order valence-electron chi connectivity index (χ0n) is 9.17. The Labute approximate surface area is 82.0 Å². The molecule has 0 bridgehead atoms. The molecular formula is C13H20. The van der Waals surface area contributed by atoms with E-state index in [9.17, 15) is 0 Å². The quantitative estimate of drug-likeness (QED) is 0.649. The van der Waals surface area contributed by atoms with Gasteiger partial charge in [0.1, 0.15) is 0 Å². The van der Waals surface area contributed by atoms with E-state index in [0.717, 1.165) is 5.92 Å². The summed E-state index contributed by atoms with van der Waals surface area (Å²) in [5.41, 5.74) is 2.82. The number of hydrogen-bond donors (Lipinski definition) is 0. The van der Waals surface area contributed by atoms with Gasteiger partial charge in [0.05, 0.1) is 0 Å². The standard InChI is InChI=1S/C13H20/c1-10(2)9-12(4)13-7-5-11(3)6-8-13/h5-8,10,12H,9H2,1-4H3/t12-/m1/s1. The van der Waals surface area contributed by atoms with Gasteiger partial charge in [0.25, 0.3) is 0 Å². The van der Waals surface area contributed by atoms with Crippen molar-refractivity contribution < 1.29 is 0 Å². The van der Waals surface area contributed by atoms with Crippen molar-refractivity contribution in [1.82, 2.24) is 0 Å². The van der Waals surface area contributed by atoms with Gasteiger partial charge in [0.15, 0.2) is 0 Å². The van der Waals surface area contributed by atoms with E-state index < -0.39 is 0 Å². The van der Waals surface area contributed by atoms with Crippen LogP contribution in [0.1, 0.15) is 44.2 Å². The van der Waals surface area contributed by atoms with Crippen molar-refractivity contribution in [2.75, 3.05) is 0 Å². The first-order valence-electron chi connectivity index (χ1n) is 5.16. The summed E-state index contributed by atoms with van der Waals surface area (Å²) in [6.07, 6.45) is 1.28. The first kappa shape index (κ1) is 10.3. The summed E-state index contributed by atoms with van der Waals surface area (Å²) in [5, 5.41) is 0. The molecule has 0 unspecified atom stereocenters.